The lowest BCUT2D eigenvalue weighted by Crippen LogP contribution is -2.42. The van der Waals surface area contributed by atoms with Gasteiger partial charge in [0.2, 0.25) is 5.91 Å². The first-order valence-electron chi connectivity index (χ1n) is 7.70. The van der Waals surface area contributed by atoms with Crippen molar-refractivity contribution >= 4 is 17.6 Å². The average molecular weight is 327 g/mol. The normalized spacial score (nSPS) is 10.1. The van der Waals surface area contributed by atoms with E-state index in [0.29, 0.717) is 11.4 Å². The predicted octanol–water partition coefficient (Wildman–Crippen LogP) is 3.13. The number of nitrogens with one attached hydrogen (secondary N) is 3. The molecular weight excluding hydrogens is 306 g/mol. The fourth-order valence-electron chi connectivity index (χ4n) is 1.91. The van der Waals surface area contributed by atoms with Gasteiger partial charge in [-0.3, -0.25) is 4.79 Å². The first-order valence-corrected chi connectivity index (χ1v) is 7.70. The first-order chi connectivity index (χ1) is 11.5. The summed E-state index contributed by atoms with van der Waals surface area (Å²) in [4.78, 5) is 23.2. The second-order valence-corrected chi connectivity index (χ2v) is 5.47. The van der Waals surface area contributed by atoms with Crippen LogP contribution in [0.25, 0.3) is 0 Å². The van der Waals surface area contributed by atoms with Gasteiger partial charge in [-0.05, 0) is 50.2 Å². The van der Waals surface area contributed by atoms with Crippen molar-refractivity contribution in [2.24, 2.45) is 0 Å². The molecule has 0 aliphatic rings. The van der Waals surface area contributed by atoms with E-state index in [9.17, 15) is 9.59 Å². The summed E-state index contributed by atoms with van der Waals surface area (Å²) in [6, 6.07) is 16.1. The number of rotatable bonds is 6. The molecule has 0 saturated heterocycles. The molecule has 3 N–H and O–H groups in total. The van der Waals surface area contributed by atoms with E-state index in [2.05, 4.69) is 16.0 Å². The Morgan fingerprint density at radius 3 is 2.21 bits per heavy atom. The van der Waals surface area contributed by atoms with Gasteiger partial charge in [0, 0.05) is 11.7 Å². The number of para-hydroxylation sites is 1. The summed E-state index contributed by atoms with van der Waals surface area (Å²) in [6.45, 7) is 3.60. The van der Waals surface area contributed by atoms with Crippen LogP contribution in [0, 0.1) is 0 Å². The Balaban J connectivity index is 1.81. The Labute approximate surface area is 141 Å². The Bertz CT molecular complexity index is 670. The van der Waals surface area contributed by atoms with Crippen LogP contribution in [0.4, 0.5) is 10.5 Å². The Morgan fingerprint density at radius 1 is 0.958 bits per heavy atom. The van der Waals surface area contributed by atoms with E-state index in [1.165, 1.54) is 0 Å². The third kappa shape index (κ3) is 6.00. The molecule has 0 fully saturated rings. The molecule has 6 nitrogen and oxygen atoms in total. The zero-order chi connectivity index (χ0) is 17.4. The van der Waals surface area contributed by atoms with Gasteiger partial charge in [0.05, 0.1) is 6.54 Å². The van der Waals surface area contributed by atoms with Crippen molar-refractivity contribution in [3.8, 4) is 11.5 Å². The molecule has 3 amide bonds. The van der Waals surface area contributed by atoms with Crippen LogP contribution in [0.5, 0.6) is 11.5 Å². The van der Waals surface area contributed by atoms with Gasteiger partial charge in [-0.15, -0.1) is 0 Å². The van der Waals surface area contributed by atoms with Gasteiger partial charge in [0.25, 0.3) is 0 Å². The number of hydrogen-bond acceptors (Lipinski definition) is 3. The number of carbonyl (C=O) groups is 2. The van der Waals surface area contributed by atoms with E-state index in [1.54, 1.807) is 24.3 Å². The number of carbonyl (C=O) groups excluding carboxylic acids is 2. The lowest BCUT2D eigenvalue weighted by Gasteiger charge is -2.11. The SMILES string of the molecule is CC(C)NC(=O)NCC(=O)Nc1ccc(Oc2ccccc2)cc1. The van der Waals surface area contributed by atoms with Crippen molar-refractivity contribution in [3.05, 3.63) is 54.6 Å². The fourth-order valence-corrected chi connectivity index (χ4v) is 1.91. The van der Waals surface area contributed by atoms with Crippen molar-refractivity contribution in [1.82, 2.24) is 10.6 Å². The number of urea groups is 1. The van der Waals surface area contributed by atoms with Crippen LogP contribution in [-0.2, 0) is 4.79 Å². The lowest BCUT2D eigenvalue weighted by atomic mass is 10.3. The molecule has 2 aromatic carbocycles. The van der Waals surface area contributed by atoms with Crippen LogP contribution in [0.3, 0.4) is 0 Å². The molecule has 0 bridgehead atoms. The number of anilines is 1. The minimum Gasteiger partial charge on any atom is -0.457 e. The second kappa shape index (κ2) is 8.57. The predicted molar refractivity (Wildman–Crippen MR) is 93.3 cm³/mol. The summed E-state index contributed by atoms with van der Waals surface area (Å²) in [5.41, 5.74) is 0.631. The highest BCUT2D eigenvalue weighted by Gasteiger charge is 2.06. The van der Waals surface area contributed by atoms with E-state index < -0.39 is 0 Å². The van der Waals surface area contributed by atoms with Gasteiger partial charge in [-0.25, -0.2) is 4.79 Å². The van der Waals surface area contributed by atoms with Crippen LogP contribution >= 0.6 is 0 Å². The van der Waals surface area contributed by atoms with Crippen molar-refractivity contribution in [2.75, 3.05) is 11.9 Å². The van der Waals surface area contributed by atoms with E-state index in [0.717, 1.165) is 5.75 Å². The molecule has 0 atom stereocenters. The van der Waals surface area contributed by atoms with Crippen molar-refractivity contribution in [3.63, 3.8) is 0 Å². The molecule has 0 aliphatic heterocycles. The molecule has 6 heteroatoms. The molecular formula is C18H21N3O3. The average Bonchev–Trinajstić information content (AvgIpc) is 2.55. The molecule has 126 valence electrons. The highest BCUT2D eigenvalue weighted by Crippen LogP contribution is 2.22. The number of hydrogen-bond donors (Lipinski definition) is 3. The summed E-state index contributed by atoms with van der Waals surface area (Å²) in [5, 5.41) is 7.84. The summed E-state index contributed by atoms with van der Waals surface area (Å²) in [6.07, 6.45) is 0. The molecule has 2 aromatic rings. The van der Waals surface area contributed by atoms with Crippen molar-refractivity contribution in [2.45, 2.75) is 19.9 Å². The van der Waals surface area contributed by atoms with Crippen molar-refractivity contribution in [1.29, 1.82) is 0 Å². The number of ether oxygens (including phenoxy) is 1. The van der Waals surface area contributed by atoms with Gasteiger partial charge in [0.1, 0.15) is 11.5 Å². The van der Waals surface area contributed by atoms with Gasteiger partial charge < -0.3 is 20.7 Å². The van der Waals surface area contributed by atoms with Gasteiger partial charge in [-0.1, -0.05) is 18.2 Å². The molecule has 0 unspecified atom stereocenters. The molecule has 0 aromatic heterocycles. The Kier molecular flexibility index (Phi) is 6.19. The third-order valence-electron chi connectivity index (χ3n) is 2.95. The smallest absolute Gasteiger partial charge is 0.315 e. The largest absolute Gasteiger partial charge is 0.457 e. The van der Waals surface area contributed by atoms with Crippen LogP contribution in [0.2, 0.25) is 0 Å². The molecule has 0 saturated carbocycles. The topological polar surface area (TPSA) is 79.5 Å². The van der Waals surface area contributed by atoms with Crippen LogP contribution in [0.1, 0.15) is 13.8 Å². The zero-order valence-corrected chi connectivity index (χ0v) is 13.7. The molecule has 0 aliphatic carbocycles. The maximum atomic E-state index is 11.8. The highest BCUT2D eigenvalue weighted by atomic mass is 16.5. The van der Waals surface area contributed by atoms with Crippen LogP contribution < -0.4 is 20.7 Å². The highest BCUT2D eigenvalue weighted by molar-refractivity contribution is 5.94. The number of amides is 3. The first kappa shape index (κ1) is 17.3. The van der Waals surface area contributed by atoms with Gasteiger partial charge in [0.15, 0.2) is 0 Å². The maximum Gasteiger partial charge on any atom is 0.315 e. The Morgan fingerprint density at radius 2 is 1.58 bits per heavy atom. The standard InChI is InChI=1S/C18H21N3O3/c1-13(2)20-18(23)19-12-17(22)21-14-8-10-16(11-9-14)24-15-6-4-3-5-7-15/h3-11,13H,12H2,1-2H3,(H,21,22)(H2,19,20,23). The van der Waals surface area contributed by atoms with Gasteiger partial charge in [-0.2, -0.15) is 0 Å². The minimum absolute atomic E-state index is 0.0187. The molecule has 0 radical (unpaired) electrons. The molecule has 0 heterocycles. The van der Waals surface area contributed by atoms with E-state index in [1.807, 2.05) is 44.2 Å². The third-order valence-corrected chi connectivity index (χ3v) is 2.95. The van der Waals surface area contributed by atoms with Gasteiger partial charge >= 0.3 is 6.03 Å². The summed E-state index contributed by atoms with van der Waals surface area (Å²) < 4.78 is 5.68. The molecule has 0 spiro atoms. The monoisotopic (exact) mass is 327 g/mol. The number of benzene rings is 2. The van der Waals surface area contributed by atoms with E-state index in [-0.39, 0.29) is 24.5 Å². The summed E-state index contributed by atoms with van der Waals surface area (Å²) in [7, 11) is 0. The maximum absolute atomic E-state index is 11.8. The molecule has 2 rings (SSSR count). The second-order valence-electron chi connectivity index (χ2n) is 5.47. The van der Waals surface area contributed by atoms with Crippen molar-refractivity contribution < 1.29 is 14.3 Å². The minimum atomic E-state index is -0.369. The fraction of sp³-hybridized carbons (Fsp3) is 0.222. The summed E-state index contributed by atoms with van der Waals surface area (Å²) in [5.74, 6) is 1.12. The van der Waals surface area contributed by atoms with E-state index >= 15 is 0 Å². The van der Waals surface area contributed by atoms with Crippen LogP contribution in [0.15, 0.2) is 54.6 Å². The quantitative estimate of drug-likeness (QED) is 0.762. The molecule has 24 heavy (non-hydrogen) atoms. The van der Waals surface area contributed by atoms with Crippen LogP contribution in [-0.4, -0.2) is 24.5 Å². The van der Waals surface area contributed by atoms with E-state index in [4.69, 9.17) is 4.74 Å². The summed E-state index contributed by atoms with van der Waals surface area (Å²) >= 11 is 0. The Hall–Kier alpha value is -3.02. The lowest BCUT2D eigenvalue weighted by molar-refractivity contribution is -0.115. The zero-order valence-electron chi connectivity index (χ0n) is 13.7.